The van der Waals surface area contributed by atoms with Gasteiger partial charge in [0.15, 0.2) is 0 Å². The molecule has 1 aromatic heterocycles. The third-order valence-electron chi connectivity index (χ3n) is 5.25. The molecular weight excluding hydrogens is 410 g/mol. The maximum Gasteiger partial charge on any atom is 0.258 e. The third kappa shape index (κ3) is 6.14. The Morgan fingerprint density at radius 2 is 1.39 bits per heavy atom. The van der Waals surface area contributed by atoms with E-state index in [0.29, 0.717) is 18.7 Å². The lowest BCUT2D eigenvalue weighted by Crippen LogP contribution is -2.30. The average molecular weight is 436 g/mol. The summed E-state index contributed by atoms with van der Waals surface area (Å²) in [5.41, 5.74) is 4.15. The first-order valence-corrected chi connectivity index (χ1v) is 10.9. The van der Waals surface area contributed by atoms with E-state index in [9.17, 15) is 9.59 Å². The van der Waals surface area contributed by atoms with Crippen LogP contribution in [0.3, 0.4) is 0 Å². The smallest absolute Gasteiger partial charge is 0.258 e. The summed E-state index contributed by atoms with van der Waals surface area (Å²) in [5.74, 6) is -0.143. The maximum atomic E-state index is 13.3. The van der Waals surface area contributed by atoms with E-state index in [2.05, 4.69) is 10.3 Å². The molecule has 0 unspecified atom stereocenters. The molecule has 5 nitrogen and oxygen atoms in total. The van der Waals surface area contributed by atoms with E-state index in [-0.39, 0.29) is 18.2 Å². The molecule has 0 atom stereocenters. The molecule has 0 radical (unpaired) electrons. The molecule has 3 aromatic carbocycles. The molecule has 2 amide bonds. The van der Waals surface area contributed by atoms with Gasteiger partial charge in [-0.25, -0.2) is 0 Å². The molecule has 0 bridgehead atoms. The Morgan fingerprint density at radius 3 is 2.06 bits per heavy atom. The van der Waals surface area contributed by atoms with E-state index in [1.807, 2.05) is 103 Å². The van der Waals surface area contributed by atoms with Gasteiger partial charge in [0.1, 0.15) is 0 Å². The lowest BCUT2D eigenvalue weighted by molar-refractivity contribution is -0.120. The van der Waals surface area contributed by atoms with Crippen LogP contribution < -0.4 is 10.2 Å². The van der Waals surface area contributed by atoms with Crippen LogP contribution in [0.5, 0.6) is 0 Å². The minimum Gasteiger partial charge on any atom is -0.350 e. The molecule has 0 spiro atoms. The molecule has 0 fully saturated rings. The number of hydrogen-bond donors (Lipinski definition) is 1. The standard InChI is InChI=1S/C28H25N3O2/c32-27(30-20-25-13-7-8-18-29-25)19-22-14-16-26(17-15-22)31(21-23-9-3-1-4-10-23)28(33)24-11-5-2-6-12-24/h1-18H,19-21H2,(H,30,32). The van der Waals surface area contributed by atoms with Crippen LogP contribution >= 0.6 is 0 Å². The lowest BCUT2D eigenvalue weighted by atomic mass is 10.1. The first-order chi connectivity index (χ1) is 16.2. The number of pyridine rings is 1. The first-order valence-electron chi connectivity index (χ1n) is 10.9. The Balaban J connectivity index is 1.47. The first kappa shape index (κ1) is 22.0. The Hall–Kier alpha value is -4.25. The number of nitrogens with one attached hydrogen (secondary N) is 1. The maximum absolute atomic E-state index is 13.3. The predicted molar refractivity (Wildman–Crippen MR) is 130 cm³/mol. The summed E-state index contributed by atoms with van der Waals surface area (Å²) in [6, 6.07) is 32.3. The van der Waals surface area contributed by atoms with Crippen LogP contribution in [0.15, 0.2) is 109 Å². The van der Waals surface area contributed by atoms with E-state index in [1.165, 1.54) is 0 Å². The van der Waals surface area contributed by atoms with Crippen molar-refractivity contribution in [3.8, 4) is 0 Å². The van der Waals surface area contributed by atoms with Gasteiger partial charge in [0.2, 0.25) is 5.91 Å². The second kappa shape index (κ2) is 10.9. The monoisotopic (exact) mass is 435 g/mol. The van der Waals surface area contributed by atoms with Crippen LogP contribution in [0.1, 0.15) is 27.2 Å². The molecule has 4 rings (SSSR count). The molecule has 5 heteroatoms. The molecule has 1 N–H and O–H groups in total. The number of aromatic nitrogens is 1. The van der Waals surface area contributed by atoms with Gasteiger partial charge in [-0.1, -0.05) is 66.7 Å². The van der Waals surface area contributed by atoms with Crippen molar-refractivity contribution < 1.29 is 9.59 Å². The normalized spacial score (nSPS) is 10.4. The second-order valence-electron chi connectivity index (χ2n) is 7.68. The number of carbonyl (C=O) groups excluding carboxylic acids is 2. The van der Waals surface area contributed by atoms with Crippen molar-refractivity contribution in [1.82, 2.24) is 10.3 Å². The number of hydrogen-bond acceptors (Lipinski definition) is 3. The lowest BCUT2D eigenvalue weighted by Gasteiger charge is -2.23. The van der Waals surface area contributed by atoms with Crippen molar-refractivity contribution in [3.05, 3.63) is 132 Å². The van der Waals surface area contributed by atoms with Gasteiger partial charge in [-0.2, -0.15) is 0 Å². The fraction of sp³-hybridized carbons (Fsp3) is 0.107. The Kier molecular flexibility index (Phi) is 7.23. The fourth-order valence-corrected chi connectivity index (χ4v) is 3.52. The van der Waals surface area contributed by atoms with Crippen LogP contribution in [-0.4, -0.2) is 16.8 Å². The Morgan fingerprint density at radius 1 is 0.727 bits per heavy atom. The van der Waals surface area contributed by atoms with Gasteiger partial charge in [-0.05, 0) is 47.5 Å². The van der Waals surface area contributed by atoms with Crippen molar-refractivity contribution in [3.63, 3.8) is 0 Å². The van der Waals surface area contributed by atoms with Crippen molar-refractivity contribution >= 4 is 17.5 Å². The zero-order valence-corrected chi connectivity index (χ0v) is 18.2. The van der Waals surface area contributed by atoms with Gasteiger partial charge >= 0.3 is 0 Å². The minimum atomic E-state index is -0.0742. The highest BCUT2D eigenvalue weighted by molar-refractivity contribution is 6.06. The number of benzene rings is 3. The van der Waals surface area contributed by atoms with Gasteiger partial charge in [-0.15, -0.1) is 0 Å². The number of amides is 2. The average Bonchev–Trinajstić information content (AvgIpc) is 2.88. The topological polar surface area (TPSA) is 62.3 Å². The van der Waals surface area contributed by atoms with Gasteiger partial charge < -0.3 is 10.2 Å². The quantitative estimate of drug-likeness (QED) is 0.433. The highest BCUT2D eigenvalue weighted by Gasteiger charge is 2.18. The third-order valence-corrected chi connectivity index (χ3v) is 5.25. The Labute approximate surface area is 193 Å². The summed E-state index contributed by atoms with van der Waals surface area (Å²) < 4.78 is 0. The molecular formula is C28H25N3O2. The fourth-order valence-electron chi connectivity index (χ4n) is 3.52. The van der Waals surface area contributed by atoms with Crippen molar-refractivity contribution in [1.29, 1.82) is 0 Å². The van der Waals surface area contributed by atoms with E-state index in [4.69, 9.17) is 0 Å². The summed E-state index contributed by atoms with van der Waals surface area (Å²) in [4.78, 5) is 31.6. The molecule has 4 aromatic rings. The predicted octanol–water partition coefficient (Wildman–Crippen LogP) is 4.79. The van der Waals surface area contributed by atoms with Crippen LogP contribution in [0.4, 0.5) is 5.69 Å². The van der Waals surface area contributed by atoms with Crippen LogP contribution in [0.25, 0.3) is 0 Å². The molecule has 0 aliphatic carbocycles. The number of nitrogens with zero attached hydrogens (tertiary/aromatic N) is 2. The molecule has 0 saturated carbocycles. The molecule has 0 aliphatic rings. The number of rotatable bonds is 8. The van der Waals surface area contributed by atoms with Gasteiger partial charge in [0, 0.05) is 17.4 Å². The Bertz CT molecular complexity index is 1180. The molecule has 164 valence electrons. The van der Waals surface area contributed by atoms with Crippen molar-refractivity contribution in [2.45, 2.75) is 19.5 Å². The van der Waals surface area contributed by atoms with Gasteiger partial charge in [0.25, 0.3) is 5.91 Å². The summed E-state index contributed by atoms with van der Waals surface area (Å²) >= 11 is 0. The zero-order chi connectivity index (χ0) is 22.9. The van der Waals surface area contributed by atoms with E-state index in [0.717, 1.165) is 22.5 Å². The summed E-state index contributed by atoms with van der Waals surface area (Å²) in [6.07, 6.45) is 1.97. The van der Waals surface area contributed by atoms with Crippen molar-refractivity contribution in [2.24, 2.45) is 0 Å². The molecule has 0 aliphatic heterocycles. The van der Waals surface area contributed by atoms with E-state index < -0.39 is 0 Å². The molecule has 33 heavy (non-hydrogen) atoms. The summed E-state index contributed by atoms with van der Waals surface area (Å²) in [7, 11) is 0. The van der Waals surface area contributed by atoms with Crippen LogP contribution in [0.2, 0.25) is 0 Å². The second-order valence-corrected chi connectivity index (χ2v) is 7.68. The molecule has 0 saturated heterocycles. The van der Waals surface area contributed by atoms with Crippen LogP contribution in [-0.2, 0) is 24.3 Å². The van der Waals surface area contributed by atoms with E-state index >= 15 is 0 Å². The number of anilines is 1. The van der Waals surface area contributed by atoms with Gasteiger partial charge in [0.05, 0.1) is 25.2 Å². The molecule has 1 heterocycles. The SMILES string of the molecule is O=C(Cc1ccc(N(Cc2ccccc2)C(=O)c2ccccc2)cc1)NCc1ccccn1. The number of carbonyl (C=O) groups is 2. The highest BCUT2D eigenvalue weighted by Crippen LogP contribution is 2.21. The van der Waals surface area contributed by atoms with Crippen LogP contribution in [0, 0.1) is 0 Å². The van der Waals surface area contributed by atoms with Gasteiger partial charge in [-0.3, -0.25) is 14.6 Å². The van der Waals surface area contributed by atoms with Crippen molar-refractivity contribution in [2.75, 3.05) is 4.90 Å². The summed E-state index contributed by atoms with van der Waals surface area (Å²) in [5, 5.41) is 2.89. The largest absolute Gasteiger partial charge is 0.350 e. The minimum absolute atomic E-state index is 0.0692. The summed E-state index contributed by atoms with van der Waals surface area (Å²) in [6.45, 7) is 0.854. The highest BCUT2D eigenvalue weighted by atomic mass is 16.2. The van der Waals surface area contributed by atoms with E-state index in [1.54, 1.807) is 11.1 Å². The zero-order valence-electron chi connectivity index (χ0n) is 18.2.